The third kappa shape index (κ3) is 6.79. The first kappa shape index (κ1) is 28.6. The molecular formula is C28H35N7O5. The maximum atomic E-state index is 13.0. The monoisotopic (exact) mass is 549 g/mol. The van der Waals surface area contributed by atoms with Crippen molar-refractivity contribution in [1.29, 1.82) is 5.26 Å². The Morgan fingerprint density at radius 2 is 1.93 bits per heavy atom. The number of aliphatic hydroxyl groups is 1. The minimum atomic E-state index is -1.20. The second-order valence-electron chi connectivity index (χ2n) is 11.0. The lowest BCUT2D eigenvalue weighted by Gasteiger charge is -2.37. The Labute approximate surface area is 232 Å². The lowest BCUT2D eigenvalue weighted by Crippen LogP contribution is -2.55. The molecule has 0 saturated carbocycles. The topological polar surface area (TPSA) is 156 Å². The number of carbonyl (C=O) groups excluding carboxylic acids is 1. The predicted molar refractivity (Wildman–Crippen MR) is 148 cm³/mol. The van der Waals surface area contributed by atoms with Gasteiger partial charge in [-0.2, -0.15) is 10.4 Å². The van der Waals surface area contributed by atoms with Crippen molar-refractivity contribution in [3.05, 3.63) is 42.4 Å². The number of carbonyl (C=O) groups is 2. The van der Waals surface area contributed by atoms with Crippen LogP contribution in [0.15, 0.2) is 36.8 Å². The van der Waals surface area contributed by atoms with Crippen LogP contribution in [0.1, 0.15) is 39.7 Å². The van der Waals surface area contributed by atoms with Crippen molar-refractivity contribution in [1.82, 2.24) is 24.8 Å². The molecule has 4 rings (SSSR count). The molecule has 0 aromatic carbocycles. The molecule has 0 unspecified atom stereocenters. The number of pyridine rings is 2. The molecule has 3 N–H and O–H groups in total. The van der Waals surface area contributed by atoms with Crippen molar-refractivity contribution in [2.45, 2.75) is 45.8 Å². The molecule has 1 aliphatic heterocycles. The van der Waals surface area contributed by atoms with Crippen LogP contribution in [0.2, 0.25) is 0 Å². The highest BCUT2D eigenvalue weighted by Crippen LogP contribution is 2.31. The third-order valence-electron chi connectivity index (χ3n) is 6.58. The fourth-order valence-corrected chi connectivity index (χ4v) is 4.69. The fourth-order valence-electron chi connectivity index (χ4n) is 4.69. The Hall–Kier alpha value is -4.37. The number of hydrogen-bond acceptors (Lipinski definition) is 8. The van der Waals surface area contributed by atoms with E-state index in [1.165, 1.54) is 6.20 Å². The highest BCUT2D eigenvalue weighted by Gasteiger charge is 2.29. The van der Waals surface area contributed by atoms with Gasteiger partial charge in [-0.3, -0.25) is 4.79 Å². The normalized spacial score (nSPS) is 14.7. The van der Waals surface area contributed by atoms with Gasteiger partial charge in [-0.15, -0.1) is 0 Å². The van der Waals surface area contributed by atoms with E-state index in [4.69, 9.17) is 9.84 Å². The van der Waals surface area contributed by atoms with Crippen molar-refractivity contribution < 1.29 is 24.5 Å². The zero-order valence-electron chi connectivity index (χ0n) is 23.2. The Bertz CT molecular complexity index is 1400. The number of ether oxygens (including phenoxy) is 1. The average molecular weight is 550 g/mol. The summed E-state index contributed by atoms with van der Waals surface area (Å²) in [4.78, 5) is 32.6. The van der Waals surface area contributed by atoms with E-state index in [9.17, 15) is 20.0 Å². The average Bonchev–Trinajstić information content (AvgIpc) is 3.33. The molecule has 0 spiro atoms. The molecule has 3 aromatic rings. The Kier molecular flexibility index (Phi) is 8.44. The summed E-state index contributed by atoms with van der Waals surface area (Å²) in [7, 11) is 0. The summed E-state index contributed by atoms with van der Waals surface area (Å²) in [5.74, 6) is 1.21. The highest BCUT2D eigenvalue weighted by molar-refractivity contribution is 5.86. The fraction of sp³-hybridized carbons (Fsp3) is 0.464. The van der Waals surface area contributed by atoms with Gasteiger partial charge in [-0.05, 0) is 44.4 Å². The number of aromatic nitrogens is 3. The summed E-state index contributed by atoms with van der Waals surface area (Å²) in [5.41, 5.74) is 1.52. The first-order valence-electron chi connectivity index (χ1n) is 13.2. The lowest BCUT2D eigenvalue weighted by atomic mass is 10.0. The standard InChI is InChI=1S/C28H35N7O5/c1-18(2)11-23(32-27(37)38)26(36)34-9-7-33(8-10-34)24-6-5-19(14-30-24)22-12-21(40-17-28(3,4)39)16-35-25(22)20(13-29)15-31-35/h5-6,12,14-16,18,23,32,39H,7-11,17H2,1-4H3,(H,37,38)/t23-/m1/s1. The van der Waals surface area contributed by atoms with Crippen molar-refractivity contribution >= 4 is 23.3 Å². The van der Waals surface area contributed by atoms with Crippen molar-refractivity contribution in [3.8, 4) is 22.9 Å². The number of nitrogens with one attached hydrogen (secondary N) is 1. The minimum Gasteiger partial charge on any atom is -0.489 e. The van der Waals surface area contributed by atoms with Crippen LogP contribution < -0.4 is 15.0 Å². The number of fused-ring (bicyclic) bond motifs is 1. The van der Waals surface area contributed by atoms with Gasteiger partial charge < -0.3 is 30.1 Å². The van der Waals surface area contributed by atoms with Gasteiger partial charge in [0.25, 0.3) is 0 Å². The van der Waals surface area contributed by atoms with Crippen LogP contribution in [0.3, 0.4) is 0 Å². The number of rotatable bonds is 9. The summed E-state index contributed by atoms with van der Waals surface area (Å²) in [6.45, 7) is 9.34. The Morgan fingerprint density at radius 1 is 1.20 bits per heavy atom. The van der Waals surface area contributed by atoms with Gasteiger partial charge in [0, 0.05) is 43.5 Å². The first-order valence-corrected chi connectivity index (χ1v) is 13.2. The van der Waals surface area contributed by atoms with Crippen LogP contribution in [0, 0.1) is 17.2 Å². The summed E-state index contributed by atoms with van der Waals surface area (Å²) in [5, 5.41) is 35.5. The molecule has 0 aliphatic carbocycles. The lowest BCUT2D eigenvalue weighted by molar-refractivity contribution is -0.134. The van der Waals surface area contributed by atoms with Crippen molar-refractivity contribution in [2.75, 3.05) is 37.7 Å². The zero-order chi connectivity index (χ0) is 29.0. The van der Waals surface area contributed by atoms with Gasteiger partial charge >= 0.3 is 6.09 Å². The number of hydrogen-bond donors (Lipinski definition) is 3. The van der Waals surface area contributed by atoms with Gasteiger partial charge in [0.1, 0.15) is 30.3 Å². The van der Waals surface area contributed by atoms with Crippen LogP contribution in [-0.2, 0) is 4.79 Å². The molecule has 0 bridgehead atoms. The van der Waals surface area contributed by atoms with E-state index in [1.54, 1.807) is 35.7 Å². The van der Waals surface area contributed by atoms with Crippen molar-refractivity contribution in [3.63, 3.8) is 0 Å². The van der Waals surface area contributed by atoms with E-state index >= 15 is 0 Å². The van der Waals surface area contributed by atoms with E-state index in [1.807, 2.05) is 32.0 Å². The Morgan fingerprint density at radius 3 is 2.50 bits per heavy atom. The molecule has 1 fully saturated rings. The number of amides is 2. The van der Waals surface area contributed by atoms with Crippen LogP contribution in [0.4, 0.5) is 10.6 Å². The number of piperazine rings is 1. The van der Waals surface area contributed by atoms with E-state index in [-0.39, 0.29) is 18.4 Å². The summed E-state index contributed by atoms with van der Waals surface area (Å²) < 4.78 is 7.39. The van der Waals surface area contributed by atoms with Crippen molar-refractivity contribution in [2.24, 2.45) is 5.92 Å². The van der Waals surface area contributed by atoms with Gasteiger partial charge in [-0.25, -0.2) is 14.3 Å². The molecule has 212 valence electrons. The molecule has 40 heavy (non-hydrogen) atoms. The smallest absolute Gasteiger partial charge is 0.405 e. The number of anilines is 1. The zero-order valence-corrected chi connectivity index (χ0v) is 23.2. The highest BCUT2D eigenvalue weighted by atomic mass is 16.5. The quantitative estimate of drug-likeness (QED) is 0.365. The number of nitrogens with zero attached hydrogens (tertiary/aromatic N) is 6. The van der Waals surface area contributed by atoms with Crippen LogP contribution in [0.25, 0.3) is 16.6 Å². The van der Waals surface area contributed by atoms with E-state index < -0.39 is 17.7 Å². The van der Waals surface area contributed by atoms with Gasteiger partial charge in [0.05, 0.1) is 29.1 Å². The molecule has 12 nitrogen and oxygen atoms in total. The minimum absolute atomic E-state index is 0.0839. The molecule has 3 aromatic heterocycles. The SMILES string of the molecule is CC(C)C[C@@H](NC(=O)O)C(=O)N1CCN(c2ccc(-c3cc(OCC(C)(C)O)cn4ncc(C#N)c34)cn2)CC1. The van der Waals surface area contributed by atoms with E-state index in [2.05, 4.69) is 26.4 Å². The van der Waals surface area contributed by atoms with Crippen LogP contribution >= 0.6 is 0 Å². The van der Waals surface area contributed by atoms with E-state index in [0.717, 1.165) is 16.9 Å². The molecule has 0 radical (unpaired) electrons. The third-order valence-corrected chi connectivity index (χ3v) is 6.58. The number of carboxylic acid groups (broad SMARTS) is 1. The molecule has 2 amide bonds. The first-order chi connectivity index (χ1) is 18.9. The maximum Gasteiger partial charge on any atom is 0.405 e. The second kappa shape index (κ2) is 11.8. The Balaban J connectivity index is 1.50. The van der Waals surface area contributed by atoms with Gasteiger partial charge in [-0.1, -0.05) is 13.8 Å². The molecule has 1 atom stereocenters. The van der Waals surface area contributed by atoms with Crippen LogP contribution in [0.5, 0.6) is 5.75 Å². The maximum absolute atomic E-state index is 13.0. The molecule has 1 aliphatic rings. The summed E-state index contributed by atoms with van der Waals surface area (Å²) in [6.07, 6.45) is 4.14. The van der Waals surface area contributed by atoms with Gasteiger partial charge in [0.15, 0.2) is 0 Å². The van der Waals surface area contributed by atoms with Crippen LogP contribution in [-0.4, -0.2) is 86.1 Å². The largest absolute Gasteiger partial charge is 0.489 e. The summed E-state index contributed by atoms with van der Waals surface area (Å²) >= 11 is 0. The van der Waals surface area contributed by atoms with E-state index in [0.29, 0.717) is 49.4 Å². The molecule has 12 heteroatoms. The predicted octanol–water partition coefficient (Wildman–Crippen LogP) is 2.75. The molecule has 1 saturated heterocycles. The number of nitriles is 1. The molecular weight excluding hydrogens is 514 g/mol. The van der Waals surface area contributed by atoms with Gasteiger partial charge in [0.2, 0.25) is 5.91 Å². The molecule has 4 heterocycles. The second-order valence-corrected chi connectivity index (χ2v) is 11.0. The summed E-state index contributed by atoms with van der Waals surface area (Å²) in [6, 6.07) is 7.03.